The quantitative estimate of drug-likeness (QED) is 0.391. The molecule has 9 heteroatoms. The Hall–Kier alpha value is -2.90. The minimum absolute atomic E-state index is 0.0234. The van der Waals surface area contributed by atoms with Crippen LogP contribution >= 0.6 is 23.2 Å². The van der Waals surface area contributed by atoms with Gasteiger partial charge in [0.05, 0.1) is 22.3 Å². The highest BCUT2D eigenvalue weighted by atomic mass is 35.5. The summed E-state index contributed by atoms with van der Waals surface area (Å²) in [6.45, 7) is 0.112. The monoisotopic (exact) mass is 460 g/mol. The predicted molar refractivity (Wildman–Crippen MR) is 115 cm³/mol. The number of carbonyl (C=O) groups is 4. The summed E-state index contributed by atoms with van der Waals surface area (Å²) in [5.74, 6) is -1.90. The standard InChI is InChI=1S/C22H18Cl2N2O5/c23-14-7-8-17(24)18(10-14)25-12-13(9-21(25)29)22(30)31-16-4-1-3-15(11-16)26-19(27)5-2-6-20(26)28/h1,3-4,7-8,10-11,13H,2,5-6,9,12H2/t13-/m0/s1. The van der Waals surface area contributed by atoms with Gasteiger partial charge in [-0.2, -0.15) is 0 Å². The van der Waals surface area contributed by atoms with Crippen molar-refractivity contribution in [2.75, 3.05) is 16.3 Å². The zero-order valence-corrected chi connectivity index (χ0v) is 17.9. The third-order valence-electron chi connectivity index (χ3n) is 5.23. The Kier molecular flexibility index (Phi) is 5.98. The molecule has 0 aromatic heterocycles. The molecule has 0 unspecified atom stereocenters. The van der Waals surface area contributed by atoms with Gasteiger partial charge >= 0.3 is 5.97 Å². The average molecular weight is 461 g/mol. The van der Waals surface area contributed by atoms with Crippen LogP contribution in [0.4, 0.5) is 11.4 Å². The first kappa shape index (κ1) is 21.3. The molecule has 4 rings (SSSR count). The lowest BCUT2D eigenvalue weighted by molar-refractivity contribution is -0.139. The molecule has 0 bridgehead atoms. The van der Waals surface area contributed by atoms with Gasteiger partial charge in [0.2, 0.25) is 17.7 Å². The Morgan fingerprint density at radius 3 is 2.45 bits per heavy atom. The van der Waals surface area contributed by atoms with Crippen LogP contribution in [0.25, 0.3) is 0 Å². The summed E-state index contributed by atoms with van der Waals surface area (Å²) in [4.78, 5) is 52.0. The molecule has 3 amide bonds. The number of ether oxygens (including phenoxy) is 1. The molecule has 0 N–H and O–H groups in total. The van der Waals surface area contributed by atoms with Crippen LogP contribution in [-0.4, -0.2) is 30.2 Å². The number of hydrogen-bond donors (Lipinski definition) is 0. The van der Waals surface area contributed by atoms with Crippen molar-refractivity contribution in [2.45, 2.75) is 25.7 Å². The number of anilines is 2. The van der Waals surface area contributed by atoms with Crippen LogP contribution in [0.3, 0.4) is 0 Å². The van der Waals surface area contributed by atoms with Crippen molar-refractivity contribution in [1.82, 2.24) is 0 Å². The van der Waals surface area contributed by atoms with Crippen LogP contribution in [0.5, 0.6) is 5.75 Å². The van der Waals surface area contributed by atoms with Gasteiger partial charge in [0.25, 0.3) is 0 Å². The molecule has 0 radical (unpaired) electrons. The third kappa shape index (κ3) is 4.43. The molecule has 2 fully saturated rings. The molecule has 1 atom stereocenters. The summed E-state index contributed by atoms with van der Waals surface area (Å²) in [6.07, 6.45) is 1.10. The van der Waals surface area contributed by atoms with Gasteiger partial charge in [0, 0.05) is 36.9 Å². The van der Waals surface area contributed by atoms with Crippen molar-refractivity contribution in [3.63, 3.8) is 0 Å². The summed E-state index contributed by atoms with van der Waals surface area (Å²) in [7, 11) is 0. The molecular weight excluding hydrogens is 443 g/mol. The molecule has 0 saturated carbocycles. The van der Waals surface area contributed by atoms with E-state index in [1.165, 1.54) is 11.0 Å². The molecule has 0 spiro atoms. The fraction of sp³-hybridized carbons (Fsp3) is 0.273. The minimum atomic E-state index is -0.690. The fourth-order valence-electron chi connectivity index (χ4n) is 3.72. The van der Waals surface area contributed by atoms with Crippen LogP contribution in [0.2, 0.25) is 10.0 Å². The number of esters is 1. The van der Waals surface area contributed by atoms with Gasteiger partial charge in [0.1, 0.15) is 5.75 Å². The summed E-state index contributed by atoms with van der Waals surface area (Å²) in [5.41, 5.74) is 0.799. The molecule has 2 aromatic rings. The number of carbonyl (C=O) groups excluding carboxylic acids is 4. The molecule has 2 aromatic carbocycles. The van der Waals surface area contributed by atoms with Gasteiger partial charge in [-0.1, -0.05) is 29.3 Å². The van der Waals surface area contributed by atoms with Crippen LogP contribution < -0.4 is 14.5 Å². The fourth-order valence-corrected chi connectivity index (χ4v) is 4.10. The Morgan fingerprint density at radius 1 is 0.968 bits per heavy atom. The second kappa shape index (κ2) is 8.69. The summed E-state index contributed by atoms with van der Waals surface area (Å²) in [5, 5.41) is 0.784. The second-order valence-electron chi connectivity index (χ2n) is 7.40. The zero-order chi connectivity index (χ0) is 22.1. The van der Waals surface area contributed by atoms with E-state index in [4.69, 9.17) is 27.9 Å². The van der Waals surface area contributed by atoms with E-state index in [1.54, 1.807) is 36.4 Å². The van der Waals surface area contributed by atoms with E-state index < -0.39 is 11.9 Å². The maximum absolute atomic E-state index is 12.7. The highest BCUT2D eigenvalue weighted by Gasteiger charge is 2.37. The molecule has 2 aliphatic rings. The lowest BCUT2D eigenvalue weighted by atomic mass is 10.1. The van der Waals surface area contributed by atoms with E-state index >= 15 is 0 Å². The molecular formula is C22H18Cl2N2O5. The Balaban J connectivity index is 1.48. The molecule has 7 nitrogen and oxygen atoms in total. The van der Waals surface area contributed by atoms with E-state index in [2.05, 4.69) is 0 Å². The molecule has 160 valence electrons. The number of imide groups is 1. The van der Waals surface area contributed by atoms with Gasteiger partial charge in [0.15, 0.2) is 0 Å². The minimum Gasteiger partial charge on any atom is -0.426 e. The van der Waals surface area contributed by atoms with Crippen LogP contribution in [0.15, 0.2) is 42.5 Å². The molecule has 2 heterocycles. The smallest absolute Gasteiger partial charge is 0.316 e. The van der Waals surface area contributed by atoms with Crippen molar-refractivity contribution < 1.29 is 23.9 Å². The van der Waals surface area contributed by atoms with Crippen molar-refractivity contribution in [3.8, 4) is 5.75 Å². The molecule has 2 aliphatic heterocycles. The highest BCUT2D eigenvalue weighted by molar-refractivity contribution is 6.36. The topological polar surface area (TPSA) is 84.0 Å². The number of halogens is 2. The average Bonchev–Trinajstić information content (AvgIpc) is 3.12. The Morgan fingerprint density at radius 2 is 1.71 bits per heavy atom. The van der Waals surface area contributed by atoms with E-state index in [1.807, 2.05) is 0 Å². The number of piperidine rings is 1. The van der Waals surface area contributed by atoms with Gasteiger partial charge in [-0.3, -0.25) is 24.1 Å². The lowest BCUT2D eigenvalue weighted by Gasteiger charge is -2.25. The maximum atomic E-state index is 12.7. The summed E-state index contributed by atoms with van der Waals surface area (Å²) < 4.78 is 5.46. The van der Waals surface area contributed by atoms with Crippen LogP contribution in [0, 0.1) is 5.92 Å². The summed E-state index contributed by atoms with van der Waals surface area (Å²) >= 11 is 12.2. The van der Waals surface area contributed by atoms with Crippen molar-refractivity contribution >= 4 is 58.3 Å². The van der Waals surface area contributed by atoms with Crippen LogP contribution in [-0.2, 0) is 19.2 Å². The van der Waals surface area contributed by atoms with E-state index in [0.717, 1.165) is 4.90 Å². The summed E-state index contributed by atoms with van der Waals surface area (Å²) in [6, 6.07) is 11.0. The van der Waals surface area contributed by atoms with Crippen LogP contribution in [0.1, 0.15) is 25.7 Å². The van der Waals surface area contributed by atoms with E-state index in [-0.39, 0.29) is 36.4 Å². The molecule has 0 aliphatic carbocycles. The normalized spacial score (nSPS) is 19.2. The van der Waals surface area contributed by atoms with Gasteiger partial charge < -0.3 is 9.64 Å². The number of rotatable bonds is 4. The van der Waals surface area contributed by atoms with E-state index in [9.17, 15) is 19.2 Å². The van der Waals surface area contributed by atoms with Gasteiger partial charge in [-0.15, -0.1) is 0 Å². The first-order valence-electron chi connectivity index (χ1n) is 9.76. The predicted octanol–water partition coefficient (Wildman–Crippen LogP) is 4.00. The maximum Gasteiger partial charge on any atom is 0.316 e. The van der Waals surface area contributed by atoms with Gasteiger partial charge in [-0.25, -0.2) is 0 Å². The van der Waals surface area contributed by atoms with Gasteiger partial charge in [-0.05, 0) is 36.8 Å². The number of nitrogens with zero attached hydrogens (tertiary/aromatic N) is 2. The second-order valence-corrected chi connectivity index (χ2v) is 8.24. The first-order valence-corrected chi connectivity index (χ1v) is 10.5. The number of hydrogen-bond acceptors (Lipinski definition) is 5. The SMILES string of the molecule is O=C(Oc1cccc(N2C(=O)CCCC2=O)c1)[C@H]1CC(=O)N(c2cc(Cl)ccc2Cl)C1. The van der Waals surface area contributed by atoms with Crippen molar-refractivity contribution in [2.24, 2.45) is 5.92 Å². The molecule has 31 heavy (non-hydrogen) atoms. The third-order valence-corrected chi connectivity index (χ3v) is 5.79. The first-order chi connectivity index (χ1) is 14.8. The largest absolute Gasteiger partial charge is 0.426 e. The van der Waals surface area contributed by atoms with E-state index in [0.29, 0.717) is 40.7 Å². The highest BCUT2D eigenvalue weighted by Crippen LogP contribution is 2.34. The Labute approximate surface area is 188 Å². The zero-order valence-electron chi connectivity index (χ0n) is 16.3. The lowest BCUT2D eigenvalue weighted by Crippen LogP contribution is -2.40. The molecule has 2 saturated heterocycles. The number of benzene rings is 2. The van der Waals surface area contributed by atoms with Crippen molar-refractivity contribution in [3.05, 3.63) is 52.5 Å². The van der Waals surface area contributed by atoms with Crippen molar-refractivity contribution in [1.29, 1.82) is 0 Å². The number of amides is 3. The Bertz CT molecular complexity index is 1070.